The van der Waals surface area contributed by atoms with Crippen LogP contribution in [0.1, 0.15) is 24.3 Å². The minimum atomic E-state index is -0.454. The van der Waals surface area contributed by atoms with Crippen LogP contribution in [0.2, 0.25) is 0 Å². The van der Waals surface area contributed by atoms with Crippen LogP contribution >= 0.6 is 15.9 Å². The number of H-pyrrole nitrogens is 1. The summed E-state index contributed by atoms with van der Waals surface area (Å²) in [6.07, 6.45) is -0.202. The Kier molecular flexibility index (Phi) is 2.09. The van der Waals surface area contributed by atoms with E-state index in [1.54, 1.807) is 0 Å². The van der Waals surface area contributed by atoms with Gasteiger partial charge in [-0.1, -0.05) is 0 Å². The van der Waals surface area contributed by atoms with Gasteiger partial charge in [0.25, 0.3) is 0 Å². The third-order valence-corrected chi connectivity index (χ3v) is 3.50. The number of aromatic nitrogens is 1. The van der Waals surface area contributed by atoms with Gasteiger partial charge in [0.05, 0.1) is 22.7 Å². The monoisotopic (exact) mass is 287 g/mol. The van der Waals surface area contributed by atoms with Crippen LogP contribution in [-0.4, -0.2) is 4.98 Å². The maximum absolute atomic E-state index is 14.0. The molecule has 3 rings (SSSR count). The lowest BCUT2D eigenvalue weighted by Gasteiger charge is -2.05. The van der Waals surface area contributed by atoms with Crippen molar-refractivity contribution < 1.29 is 13.5 Å². The summed E-state index contributed by atoms with van der Waals surface area (Å²) in [5, 5.41) is 0.298. The van der Waals surface area contributed by atoms with Crippen molar-refractivity contribution in [2.24, 2.45) is 0 Å². The zero-order valence-electron chi connectivity index (χ0n) is 8.40. The Morgan fingerprint density at radius 2 is 2.25 bits per heavy atom. The van der Waals surface area contributed by atoms with E-state index in [1.165, 1.54) is 0 Å². The van der Waals surface area contributed by atoms with E-state index in [1.807, 2.05) is 6.92 Å². The van der Waals surface area contributed by atoms with Crippen molar-refractivity contribution in [1.29, 1.82) is 0 Å². The molecule has 1 N–H and O–H groups in total. The van der Waals surface area contributed by atoms with Crippen molar-refractivity contribution in [3.8, 4) is 0 Å². The van der Waals surface area contributed by atoms with Crippen molar-refractivity contribution in [3.05, 3.63) is 33.4 Å². The molecule has 0 spiro atoms. The first-order chi connectivity index (χ1) is 7.59. The Balaban J connectivity index is 2.48. The highest BCUT2D eigenvalue weighted by Gasteiger charge is 2.28. The molecule has 1 atom stereocenters. The number of rotatable bonds is 0. The summed E-state index contributed by atoms with van der Waals surface area (Å²) in [5.41, 5.74) is 1.71. The Bertz CT molecular complexity index is 593. The van der Waals surface area contributed by atoms with E-state index in [9.17, 15) is 8.78 Å². The van der Waals surface area contributed by atoms with Gasteiger partial charge in [-0.05, 0) is 28.9 Å². The van der Waals surface area contributed by atoms with Gasteiger partial charge in [-0.2, -0.15) is 0 Å². The molecule has 5 heteroatoms. The van der Waals surface area contributed by atoms with Crippen molar-refractivity contribution in [2.45, 2.75) is 19.6 Å². The van der Waals surface area contributed by atoms with Crippen LogP contribution in [0.3, 0.4) is 0 Å². The highest BCUT2D eigenvalue weighted by atomic mass is 79.9. The molecule has 1 aromatic heterocycles. The number of nitrogens with one attached hydrogen (secondary N) is 1. The minimum Gasteiger partial charge on any atom is -0.368 e. The van der Waals surface area contributed by atoms with Gasteiger partial charge in [0, 0.05) is 16.6 Å². The van der Waals surface area contributed by atoms with Gasteiger partial charge in [-0.3, -0.25) is 0 Å². The topological polar surface area (TPSA) is 25.0 Å². The molecule has 2 nitrogen and oxygen atoms in total. The summed E-state index contributed by atoms with van der Waals surface area (Å²) >= 11 is 3.01. The number of benzene rings is 1. The zero-order chi connectivity index (χ0) is 11.4. The molecule has 0 bridgehead atoms. The number of hydrogen-bond donors (Lipinski definition) is 1. The Morgan fingerprint density at radius 3 is 3.00 bits per heavy atom. The number of ether oxygens (including phenoxy) is 1. The molecule has 0 amide bonds. The number of fused-ring (bicyclic) bond motifs is 3. The largest absolute Gasteiger partial charge is 0.368 e. The SMILES string of the molecule is CC1OCc2[nH]c3c(F)cc(Br)c(F)c3c21. The van der Waals surface area contributed by atoms with Crippen LogP contribution in [0.15, 0.2) is 10.5 Å². The molecule has 0 saturated carbocycles. The highest BCUT2D eigenvalue weighted by Crippen LogP contribution is 2.40. The van der Waals surface area contributed by atoms with Gasteiger partial charge in [0.2, 0.25) is 0 Å². The molecule has 2 aromatic rings. The van der Waals surface area contributed by atoms with Crippen LogP contribution in [0.25, 0.3) is 10.9 Å². The van der Waals surface area contributed by atoms with Crippen LogP contribution in [0.4, 0.5) is 8.78 Å². The summed E-state index contributed by atoms with van der Waals surface area (Å²) in [6, 6.07) is 1.13. The smallest absolute Gasteiger partial charge is 0.148 e. The van der Waals surface area contributed by atoms with Gasteiger partial charge in [-0.25, -0.2) is 8.78 Å². The molecule has 0 fully saturated rings. The zero-order valence-corrected chi connectivity index (χ0v) is 9.99. The first-order valence-corrected chi connectivity index (χ1v) is 5.68. The van der Waals surface area contributed by atoms with Crippen molar-refractivity contribution in [1.82, 2.24) is 4.98 Å². The second-order valence-electron chi connectivity index (χ2n) is 3.87. The van der Waals surface area contributed by atoms with Gasteiger partial charge in [-0.15, -0.1) is 0 Å². The molecule has 16 heavy (non-hydrogen) atoms. The number of hydrogen-bond acceptors (Lipinski definition) is 1. The molecule has 1 aliphatic rings. The first-order valence-electron chi connectivity index (χ1n) is 4.89. The van der Waals surface area contributed by atoms with Gasteiger partial charge >= 0.3 is 0 Å². The second kappa shape index (κ2) is 3.28. The van der Waals surface area contributed by atoms with E-state index < -0.39 is 11.6 Å². The lowest BCUT2D eigenvalue weighted by Crippen LogP contribution is -1.92. The third-order valence-electron chi connectivity index (χ3n) is 2.93. The number of halogens is 3. The lowest BCUT2D eigenvalue weighted by molar-refractivity contribution is 0.0788. The minimum absolute atomic E-state index is 0.137. The molecule has 1 aliphatic heterocycles. The van der Waals surface area contributed by atoms with Gasteiger partial charge in [0.15, 0.2) is 0 Å². The summed E-state index contributed by atoms with van der Waals surface area (Å²) in [4.78, 5) is 2.88. The summed E-state index contributed by atoms with van der Waals surface area (Å²) in [7, 11) is 0. The fraction of sp³-hybridized carbons (Fsp3) is 0.273. The third kappa shape index (κ3) is 1.18. The molecule has 0 aliphatic carbocycles. The highest BCUT2D eigenvalue weighted by molar-refractivity contribution is 9.10. The molecule has 84 valence electrons. The molecule has 2 heterocycles. The molecule has 1 aromatic carbocycles. The van der Waals surface area contributed by atoms with Gasteiger partial charge in [0.1, 0.15) is 11.6 Å². The van der Waals surface area contributed by atoms with E-state index in [-0.39, 0.29) is 16.1 Å². The summed E-state index contributed by atoms with van der Waals surface area (Å²) < 4.78 is 33.1. The van der Waals surface area contributed by atoms with Gasteiger partial charge < -0.3 is 9.72 Å². The normalized spacial score (nSPS) is 19.4. The van der Waals surface area contributed by atoms with Crippen molar-refractivity contribution in [3.63, 3.8) is 0 Å². The maximum atomic E-state index is 14.0. The predicted octanol–water partition coefficient (Wildman–Crippen LogP) is 3.80. The van der Waals surface area contributed by atoms with E-state index in [0.29, 0.717) is 12.0 Å². The summed E-state index contributed by atoms with van der Waals surface area (Å²) in [5.74, 6) is -0.892. The standard InChI is InChI=1S/C11H8BrF2NO/c1-4-8-7(3-16-4)15-11-6(13)2-5(12)10(14)9(8)11/h2,4,15H,3H2,1H3. The Morgan fingerprint density at radius 1 is 1.50 bits per heavy atom. The van der Waals surface area contributed by atoms with E-state index in [0.717, 1.165) is 17.3 Å². The second-order valence-corrected chi connectivity index (χ2v) is 4.73. The van der Waals surface area contributed by atoms with Crippen molar-refractivity contribution >= 4 is 26.8 Å². The molecule has 0 saturated heterocycles. The first kappa shape index (κ1) is 10.2. The van der Waals surface area contributed by atoms with Crippen LogP contribution in [0.5, 0.6) is 0 Å². The molecular weight excluding hydrogens is 280 g/mol. The van der Waals surface area contributed by atoms with Crippen LogP contribution in [0, 0.1) is 11.6 Å². The van der Waals surface area contributed by atoms with E-state index in [4.69, 9.17) is 4.74 Å². The van der Waals surface area contributed by atoms with Crippen LogP contribution in [-0.2, 0) is 11.3 Å². The molecular formula is C11H8BrF2NO. The fourth-order valence-electron chi connectivity index (χ4n) is 2.19. The summed E-state index contributed by atoms with van der Waals surface area (Å²) in [6.45, 7) is 2.21. The Hall–Kier alpha value is -0.940. The van der Waals surface area contributed by atoms with Crippen LogP contribution < -0.4 is 0 Å². The average molecular weight is 288 g/mol. The predicted molar refractivity (Wildman–Crippen MR) is 59.1 cm³/mol. The average Bonchev–Trinajstić information content (AvgIpc) is 2.76. The quantitative estimate of drug-likeness (QED) is 0.733. The number of aromatic amines is 1. The molecule has 1 unspecified atom stereocenters. The fourth-order valence-corrected chi connectivity index (χ4v) is 2.59. The molecule has 0 radical (unpaired) electrons. The van der Waals surface area contributed by atoms with Crippen molar-refractivity contribution in [2.75, 3.05) is 0 Å². The Labute approximate surface area is 98.7 Å². The maximum Gasteiger partial charge on any atom is 0.148 e. The van der Waals surface area contributed by atoms with E-state index >= 15 is 0 Å². The van der Waals surface area contributed by atoms with E-state index in [2.05, 4.69) is 20.9 Å². The lowest BCUT2D eigenvalue weighted by atomic mass is 10.1.